The fourth-order valence-electron chi connectivity index (χ4n) is 1.60. The van der Waals surface area contributed by atoms with E-state index in [4.69, 9.17) is 0 Å². The number of benzene rings is 1. The summed E-state index contributed by atoms with van der Waals surface area (Å²) in [6.45, 7) is 4.79. The highest BCUT2D eigenvalue weighted by molar-refractivity contribution is 5.47. The lowest BCUT2D eigenvalue weighted by Crippen LogP contribution is -1.97. The van der Waals surface area contributed by atoms with Crippen LogP contribution in [-0.2, 0) is 13.0 Å². The Morgan fingerprint density at radius 1 is 1.07 bits per heavy atom. The zero-order valence-electron chi connectivity index (χ0n) is 8.76. The van der Waals surface area contributed by atoms with Gasteiger partial charge in [-0.2, -0.15) is 0 Å². The largest absolute Gasteiger partial charge is 0.354 e. The van der Waals surface area contributed by atoms with Crippen LogP contribution in [-0.4, -0.2) is 4.57 Å². The van der Waals surface area contributed by atoms with Crippen molar-refractivity contribution in [1.82, 2.24) is 4.57 Å². The average Bonchev–Trinajstić information content (AvgIpc) is 2.80. The van der Waals surface area contributed by atoms with Gasteiger partial charge in [-0.1, -0.05) is 36.9 Å². The van der Waals surface area contributed by atoms with E-state index in [2.05, 4.69) is 59.9 Å². The SMILES string of the molecule is C=Cc1ccc(CCn2cccc2)cc1. The van der Waals surface area contributed by atoms with Crippen molar-refractivity contribution in [2.45, 2.75) is 13.0 Å². The highest BCUT2D eigenvalue weighted by atomic mass is 14.9. The Morgan fingerprint density at radius 3 is 2.33 bits per heavy atom. The third-order valence-electron chi connectivity index (χ3n) is 2.54. The zero-order chi connectivity index (χ0) is 10.5. The van der Waals surface area contributed by atoms with Gasteiger partial charge in [-0.15, -0.1) is 0 Å². The Kier molecular flexibility index (Phi) is 3.03. The third-order valence-corrected chi connectivity index (χ3v) is 2.54. The predicted molar refractivity (Wildman–Crippen MR) is 64.7 cm³/mol. The first-order valence-corrected chi connectivity index (χ1v) is 5.20. The van der Waals surface area contributed by atoms with Crippen molar-refractivity contribution in [1.29, 1.82) is 0 Å². The van der Waals surface area contributed by atoms with Crippen molar-refractivity contribution in [2.24, 2.45) is 0 Å². The van der Waals surface area contributed by atoms with E-state index in [1.54, 1.807) is 0 Å². The molecule has 0 saturated heterocycles. The molecule has 1 aromatic carbocycles. The first-order valence-electron chi connectivity index (χ1n) is 5.20. The van der Waals surface area contributed by atoms with Gasteiger partial charge < -0.3 is 4.57 Å². The summed E-state index contributed by atoms with van der Waals surface area (Å²) in [6.07, 6.45) is 7.14. The molecule has 0 unspecified atom stereocenters. The molecule has 0 amide bonds. The molecule has 15 heavy (non-hydrogen) atoms. The minimum absolute atomic E-state index is 1.04. The third kappa shape index (κ3) is 2.59. The molecular weight excluding hydrogens is 182 g/mol. The summed E-state index contributed by atoms with van der Waals surface area (Å²) in [5, 5.41) is 0. The topological polar surface area (TPSA) is 4.93 Å². The summed E-state index contributed by atoms with van der Waals surface area (Å²) >= 11 is 0. The smallest absolute Gasteiger partial charge is 0.0260 e. The van der Waals surface area contributed by atoms with Crippen LogP contribution in [0.1, 0.15) is 11.1 Å². The Bertz CT molecular complexity index is 409. The van der Waals surface area contributed by atoms with Crippen molar-refractivity contribution in [3.8, 4) is 0 Å². The van der Waals surface area contributed by atoms with Crippen molar-refractivity contribution in [2.75, 3.05) is 0 Å². The average molecular weight is 197 g/mol. The molecule has 76 valence electrons. The van der Waals surface area contributed by atoms with Crippen LogP contribution < -0.4 is 0 Å². The number of rotatable bonds is 4. The van der Waals surface area contributed by atoms with Crippen LogP contribution >= 0.6 is 0 Å². The molecule has 0 aliphatic heterocycles. The molecule has 0 aliphatic carbocycles. The molecule has 0 atom stereocenters. The van der Waals surface area contributed by atoms with Gasteiger partial charge >= 0.3 is 0 Å². The van der Waals surface area contributed by atoms with Gasteiger partial charge in [0.2, 0.25) is 0 Å². The maximum absolute atomic E-state index is 3.74. The van der Waals surface area contributed by atoms with Crippen LogP contribution in [0, 0.1) is 0 Å². The van der Waals surface area contributed by atoms with E-state index < -0.39 is 0 Å². The van der Waals surface area contributed by atoms with Crippen molar-refractivity contribution in [3.05, 3.63) is 66.5 Å². The molecular formula is C14H15N. The second-order valence-corrected chi connectivity index (χ2v) is 3.62. The highest BCUT2D eigenvalue weighted by Crippen LogP contribution is 2.07. The minimum Gasteiger partial charge on any atom is -0.354 e. The van der Waals surface area contributed by atoms with E-state index in [1.807, 2.05) is 6.08 Å². The Morgan fingerprint density at radius 2 is 1.73 bits per heavy atom. The monoisotopic (exact) mass is 197 g/mol. The van der Waals surface area contributed by atoms with E-state index in [9.17, 15) is 0 Å². The normalized spacial score (nSPS) is 10.1. The van der Waals surface area contributed by atoms with Gasteiger partial charge in [-0.3, -0.25) is 0 Å². The standard InChI is InChI=1S/C14H15N/c1-2-13-5-7-14(8-6-13)9-12-15-10-3-4-11-15/h2-8,10-11H,1,9,12H2. The van der Waals surface area contributed by atoms with E-state index in [0.29, 0.717) is 0 Å². The lowest BCUT2D eigenvalue weighted by atomic mass is 10.1. The molecule has 0 fully saturated rings. The molecule has 0 saturated carbocycles. The number of hydrogen-bond acceptors (Lipinski definition) is 0. The fourth-order valence-corrected chi connectivity index (χ4v) is 1.60. The Balaban J connectivity index is 1.96. The van der Waals surface area contributed by atoms with Crippen molar-refractivity contribution in [3.63, 3.8) is 0 Å². The van der Waals surface area contributed by atoms with Gasteiger partial charge in [0, 0.05) is 18.9 Å². The summed E-state index contributed by atoms with van der Waals surface area (Å²) < 4.78 is 2.20. The van der Waals surface area contributed by atoms with Gasteiger partial charge in [0.1, 0.15) is 0 Å². The highest BCUT2D eigenvalue weighted by Gasteiger charge is 1.93. The molecule has 0 radical (unpaired) electrons. The Labute approximate surface area is 90.7 Å². The van der Waals surface area contributed by atoms with E-state index in [-0.39, 0.29) is 0 Å². The zero-order valence-corrected chi connectivity index (χ0v) is 8.76. The van der Waals surface area contributed by atoms with Crippen LogP contribution in [0.25, 0.3) is 6.08 Å². The summed E-state index contributed by atoms with van der Waals surface area (Å²) in [6, 6.07) is 12.7. The first kappa shape index (κ1) is 9.78. The van der Waals surface area contributed by atoms with Crippen molar-refractivity contribution >= 4 is 6.08 Å². The molecule has 0 bridgehead atoms. The minimum atomic E-state index is 1.04. The molecule has 0 spiro atoms. The maximum atomic E-state index is 3.74. The van der Waals surface area contributed by atoms with Crippen LogP contribution in [0.5, 0.6) is 0 Å². The van der Waals surface area contributed by atoms with Gasteiger partial charge in [0.25, 0.3) is 0 Å². The fraction of sp³-hybridized carbons (Fsp3) is 0.143. The maximum Gasteiger partial charge on any atom is 0.0260 e. The molecule has 1 heterocycles. The number of nitrogens with zero attached hydrogens (tertiary/aromatic N) is 1. The molecule has 0 N–H and O–H groups in total. The first-order chi connectivity index (χ1) is 7.38. The van der Waals surface area contributed by atoms with Crippen molar-refractivity contribution < 1.29 is 0 Å². The van der Waals surface area contributed by atoms with E-state index in [0.717, 1.165) is 13.0 Å². The second kappa shape index (κ2) is 4.65. The summed E-state index contributed by atoms with van der Waals surface area (Å²) in [5.74, 6) is 0. The quantitative estimate of drug-likeness (QED) is 0.708. The predicted octanol–water partition coefficient (Wildman–Crippen LogP) is 3.37. The molecule has 2 aromatic rings. The van der Waals surface area contributed by atoms with E-state index >= 15 is 0 Å². The second-order valence-electron chi connectivity index (χ2n) is 3.62. The van der Waals surface area contributed by atoms with Crippen LogP contribution in [0.15, 0.2) is 55.4 Å². The van der Waals surface area contributed by atoms with Gasteiger partial charge in [0.05, 0.1) is 0 Å². The lowest BCUT2D eigenvalue weighted by molar-refractivity contribution is 0.701. The van der Waals surface area contributed by atoms with Crippen LogP contribution in [0.4, 0.5) is 0 Å². The molecule has 1 aromatic heterocycles. The Hall–Kier alpha value is -1.76. The van der Waals surface area contributed by atoms with Gasteiger partial charge in [-0.05, 0) is 29.7 Å². The number of hydrogen-bond donors (Lipinski definition) is 0. The van der Waals surface area contributed by atoms with Gasteiger partial charge in [0.15, 0.2) is 0 Å². The van der Waals surface area contributed by atoms with E-state index in [1.165, 1.54) is 11.1 Å². The molecule has 2 rings (SSSR count). The van der Waals surface area contributed by atoms with Crippen LogP contribution in [0.3, 0.4) is 0 Å². The molecule has 1 nitrogen and oxygen atoms in total. The summed E-state index contributed by atoms with van der Waals surface area (Å²) in [7, 11) is 0. The lowest BCUT2D eigenvalue weighted by Gasteiger charge is -2.03. The number of aryl methyl sites for hydroxylation is 2. The van der Waals surface area contributed by atoms with Crippen LogP contribution in [0.2, 0.25) is 0 Å². The molecule has 0 aliphatic rings. The number of aromatic nitrogens is 1. The summed E-state index contributed by atoms with van der Waals surface area (Å²) in [4.78, 5) is 0. The van der Waals surface area contributed by atoms with Gasteiger partial charge in [-0.25, -0.2) is 0 Å². The summed E-state index contributed by atoms with van der Waals surface area (Å²) in [5.41, 5.74) is 2.55. The molecule has 1 heteroatoms.